The smallest absolute Gasteiger partial charge is 0.335 e. The topological polar surface area (TPSA) is 85.5 Å². The van der Waals surface area contributed by atoms with Gasteiger partial charge in [0.1, 0.15) is 5.75 Å². The Balaban J connectivity index is 2.09. The van der Waals surface area contributed by atoms with Crippen LogP contribution in [0.1, 0.15) is 41.8 Å². The first kappa shape index (κ1) is 14.5. The Morgan fingerprint density at radius 3 is 2.85 bits per heavy atom. The van der Waals surface area contributed by atoms with E-state index in [-0.39, 0.29) is 18.1 Å². The third kappa shape index (κ3) is 3.36. The van der Waals surface area contributed by atoms with E-state index in [2.05, 4.69) is 26.1 Å². The second-order valence-corrected chi connectivity index (χ2v) is 5.29. The van der Waals surface area contributed by atoms with Gasteiger partial charge in [0.2, 0.25) is 0 Å². The summed E-state index contributed by atoms with van der Waals surface area (Å²) in [4.78, 5) is 15.1. The first-order valence-corrected chi connectivity index (χ1v) is 6.74. The Bertz CT molecular complexity index is 625. The monoisotopic (exact) mass is 340 g/mol. The van der Waals surface area contributed by atoms with E-state index in [1.54, 1.807) is 6.07 Å². The molecular weight excluding hydrogens is 328 g/mol. The number of rotatable bonds is 5. The van der Waals surface area contributed by atoms with Crippen molar-refractivity contribution in [1.82, 2.24) is 10.1 Å². The average molecular weight is 341 g/mol. The molecule has 1 aromatic carbocycles. The molecule has 0 aliphatic rings. The second-order valence-electron chi connectivity index (χ2n) is 4.44. The number of carboxylic acid groups (broad SMARTS) is 1. The Morgan fingerprint density at radius 2 is 2.25 bits per heavy atom. The van der Waals surface area contributed by atoms with E-state index < -0.39 is 5.97 Å². The maximum atomic E-state index is 10.9. The van der Waals surface area contributed by atoms with Crippen molar-refractivity contribution >= 4 is 21.9 Å². The summed E-state index contributed by atoms with van der Waals surface area (Å²) in [6.07, 6.45) is 0. The van der Waals surface area contributed by atoms with Crippen LogP contribution in [0.25, 0.3) is 0 Å². The van der Waals surface area contributed by atoms with E-state index in [1.165, 1.54) is 12.1 Å². The van der Waals surface area contributed by atoms with Crippen LogP contribution in [0.5, 0.6) is 5.75 Å². The Hall–Kier alpha value is -1.89. The fourth-order valence-electron chi connectivity index (χ4n) is 1.45. The SMILES string of the molecule is CC(C)c1noc(COc2cc(C(=O)O)ccc2Br)n1. The van der Waals surface area contributed by atoms with Crippen molar-refractivity contribution < 1.29 is 19.2 Å². The fourth-order valence-corrected chi connectivity index (χ4v) is 1.81. The number of benzene rings is 1. The molecular formula is C13H13BrN2O4. The summed E-state index contributed by atoms with van der Waals surface area (Å²) in [5.74, 6) is 0.536. The first-order chi connectivity index (χ1) is 9.47. The van der Waals surface area contributed by atoms with Crippen LogP contribution >= 0.6 is 15.9 Å². The van der Waals surface area contributed by atoms with E-state index in [0.29, 0.717) is 21.9 Å². The molecule has 0 aliphatic heterocycles. The molecule has 0 saturated carbocycles. The summed E-state index contributed by atoms with van der Waals surface area (Å²) in [6, 6.07) is 4.54. The highest BCUT2D eigenvalue weighted by atomic mass is 79.9. The Labute approximate surface area is 123 Å². The van der Waals surface area contributed by atoms with Gasteiger partial charge in [-0.15, -0.1) is 0 Å². The van der Waals surface area contributed by atoms with Crippen molar-refractivity contribution in [2.45, 2.75) is 26.4 Å². The fraction of sp³-hybridized carbons (Fsp3) is 0.308. The Kier molecular flexibility index (Phi) is 4.39. The number of ether oxygens (including phenoxy) is 1. The number of carbonyl (C=O) groups is 1. The number of aromatic nitrogens is 2. The third-order valence-corrected chi connectivity index (χ3v) is 3.18. The Morgan fingerprint density at radius 1 is 1.50 bits per heavy atom. The molecule has 0 unspecified atom stereocenters. The van der Waals surface area contributed by atoms with Gasteiger partial charge in [0, 0.05) is 5.92 Å². The van der Waals surface area contributed by atoms with Gasteiger partial charge in [-0.25, -0.2) is 4.79 Å². The van der Waals surface area contributed by atoms with Crippen LogP contribution in [0.3, 0.4) is 0 Å². The van der Waals surface area contributed by atoms with Gasteiger partial charge in [-0.2, -0.15) is 4.98 Å². The van der Waals surface area contributed by atoms with Gasteiger partial charge in [0.25, 0.3) is 5.89 Å². The molecule has 0 amide bonds. The quantitative estimate of drug-likeness (QED) is 0.899. The maximum absolute atomic E-state index is 10.9. The molecule has 0 radical (unpaired) electrons. The standard InChI is InChI=1S/C13H13BrN2O4/c1-7(2)12-15-11(20-16-12)6-19-10-5-8(13(17)18)3-4-9(10)14/h3-5,7H,6H2,1-2H3,(H,17,18). The zero-order chi connectivity index (χ0) is 14.7. The van der Waals surface area contributed by atoms with Crippen LogP contribution in [-0.4, -0.2) is 21.2 Å². The van der Waals surface area contributed by atoms with Crippen LogP contribution in [0.15, 0.2) is 27.2 Å². The minimum absolute atomic E-state index is 0.0847. The molecule has 6 nitrogen and oxygen atoms in total. The van der Waals surface area contributed by atoms with Gasteiger partial charge in [-0.1, -0.05) is 19.0 Å². The molecule has 0 spiro atoms. The van der Waals surface area contributed by atoms with Crippen molar-refractivity contribution in [2.24, 2.45) is 0 Å². The summed E-state index contributed by atoms with van der Waals surface area (Å²) in [5, 5.41) is 12.8. The highest BCUT2D eigenvalue weighted by Crippen LogP contribution is 2.27. The highest BCUT2D eigenvalue weighted by Gasteiger charge is 2.12. The van der Waals surface area contributed by atoms with Crippen molar-refractivity contribution in [3.8, 4) is 5.75 Å². The lowest BCUT2D eigenvalue weighted by molar-refractivity contribution is 0.0696. The molecule has 1 N–H and O–H groups in total. The molecule has 0 aliphatic carbocycles. The van der Waals surface area contributed by atoms with Gasteiger partial charge in [0.05, 0.1) is 10.0 Å². The van der Waals surface area contributed by atoms with E-state index >= 15 is 0 Å². The predicted octanol–water partition coefficient (Wildman–Crippen LogP) is 3.23. The summed E-state index contributed by atoms with van der Waals surface area (Å²) >= 11 is 3.30. The van der Waals surface area contributed by atoms with E-state index in [0.717, 1.165) is 0 Å². The molecule has 2 rings (SSSR count). The van der Waals surface area contributed by atoms with Gasteiger partial charge in [-0.05, 0) is 34.1 Å². The molecule has 7 heteroatoms. The number of halogens is 1. The maximum Gasteiger partial charge on any atom is 0.335 e. The molecule has 0 bridgehead atoms. The van der Waals surface area contributed by atoms with Crippen molar-refractivity contribution in [2.75, 3.05) is 0 Å². The van der Waals surface area contributed by atoms with Crippen LogP contribution in [0, 0.1) is 0 Å². The zero-order valence-corrected chi connectivity index (χ0v) is 12.5. The molecule has 106 valence electrons. The first-order valence-electron chi connectivity index (χ1n) is 5.95. The number of hydrogen-bond donors (Lipinski definition) is 1. The zero-order valence-electron chi connectivity index (χ0n) is 11.0. The molecule has 1 aromatic heterocycles. The molecule has 2 aromatic rings. The minimum atomic E-state index is -1.01. The normalized spacial score (nSPS) is 10.8. The highest BCUT2D eigenvalue weighted by molar-refractivity contribution is 9.10. The number of nitrogens with zero attached hydrogens (tertiary/aromatic N) is 2. The van der Waals surface area contributed by atoms with Crippen molar-refractivity contribution in [1.29, 1.82) is 0 Å². The van der Waals surface area contributed by atoms with Crippen LogP contribution in [0.2, 0.25) is 0 Å². The third-order valence-electron chi connectivity index (χ3n) is 2.53. The van der Waals surface area contributed by atoms with Crippen molar-refractivity contribution in [3.63, 3.8) is 0 Å². The lowest BCUT2D eigenvalue weighted by atomic mass is 10.2. The molecule has 0 fully saturated rings. The van der Waals surface area contributed by atoms with E-state index in [1.807, 2.05) is 13.8 Å². The minimum Gasteiger partial charge on any atom is -0.483 e. The van der Waals surface area contributed by atoms with Gasteiger partial charge in [-0.3, -0.25) is 0 Å². The van der Waals surface area contributed by atoms with E-state index in [4.69, 9.17) is 14.4 Å². The molecule has 1 heterocycles. The number of aromatic carboxylic acids is 1. The largest absolute Gasteiger partial charge is 0.483 e. The van der Waals surface area contributed by atoms with Crippen LogP contribution in [0.4, 0.5) is 0 Å². The van der Waals surface area contributed by atoms with Crippen LogP contribution in [-0.2, 0) is 6.61 Å². The average Bonchev–Trinajstić information content (AvgIpc) is 2.86. The molecule has 0 atom stereocenters. The predicted molar refractivity (Wildman–Crippen MR) is 73.8 cm³/mol. The van der Waals surface area contributed by atoms with E-state index in [9.17, 15) is 4.79 Å². The lowest BCUT2D eigenvalue weighted by Gasteiger charge is -2.06. The van der Waals surface area contributed by atoms with Gasteiger partial charge in [0.15, 0.2) is 12.4 Å². The van der Waals surface area contributed by atoms with Gasteiger partial charge < -0.3 is 14.4 Å². The summed E-state index contributed by atoms with van der Waals surface area (Å²) < 4.78 is 11.2. The summed E-state index contributed by atoms with van der Waals surface area (Å²) in [7, 11) is 0. The lowest BCUT2D eigenvalue weighted by Crippen LogP contribution is -2.00. The second kappa shape index (κ2) is 6.04. The molecule has 20 heavy (non-hydrogen) atoms. The number of carboxylic acids is 1. The van der Waals surface area contributed by atoms with Gasteiger partial charge >= 0.3 is 5.97 Å². The summed E-state index contributed by atoms with van der Waals surface area (Å²) in [6.45, 7) is 4.01. The van der Waals surface area contributed by atoms with Crippen LogP contribution < -0.4 is 4.74 Å². The molecule has 0 saturated heterocycles. The number of hydrogen-bond acceptors (Lipinski definition) is 5. The van der Waals surface area contributed by atoms with Crippen molar-refractivity contribution in [3.05, 3.63) is 40.0 Å². The summed E-state index contributed by atoms with van der Waals surface area (Å²) in [5.41, 5.74) is 0.150.